The van der Waals surface area contributed by atoms with Crippen molar-refractivity contribution in [3.8, 4) is 5.75 Å². The van der Waals surface area contributed by atoms with Gasteiger partial charge in [-0.3, -0.25) is 4.79 Å². The molecule has 1 aromatic rings. The van der Waals surface area contributed by atoms with Crippen molar-refractivity contribution in [1.82, 2.24) is 5.32 Å². The molecule has 2 aliphatic heterocycles. The number of thioether (sulfide) groups is 1. The molecule has 0 spiro atoms. The molecule has 0 bridgehead atoms. The van der Waals surface area contributed by atoms with Crippen LogP contribution in [0.3, 0.4) is 0 Å². The first-order chi connectivity index (χ1) is 14.4. The Kier molecular flexibility index (Phi) is 6.78. The average molecular weight is 490 g/mol. The van der Waals surface area contributed by atoms with Crippen LogP contribution in [-0.2, 0) is 19.4 Å². The standard InChI is InChI=1S/C19H24ClN3O6S2/c1-19(2,3)29-18(25)21-8-16(24)22-17-23(11-5-6-14(28-4)12(20)7-11)13-9-31(26,27)10-15(13)30-17/h5-7,13,15H,8-10H2,1-4H3,(H,21,25). The lowest BCUT2D eigenvalue weighted by molar-refractivity contribution is -0.117. The topological polar surface area (TPSA) is 114 Å². The number of benzene rings is 1. The van der Waals surface area contributed by atoms with Crippen molar-refractivity contribution in [1.29, 1.82) is 0 Å². The summed E-state index contributed by atoms with van der Waals surface area (Å²) >= 11 is 7.49. The van der Waals surface area contributed by atoms with Crippen molar-refractivity contribution < 1.29 is 27.5 Å². The number of methoxy groups -OCH3 is 1. The van der Waals surface area contributed by atoms with Crippen LogP contribution in [0.25, 0.3) is 0 Å². The van der Waals surface area contributed by atoms with Crippen LogP contribution in [0.15, 0.2) is 23.2 Å². The maximum absolute atomic E-state index is 12.4. The first-order valence-corrected chi connectivity index (χ1v) is 12.5. The van der Waals surface area contributed by atoms with E-state index in [1.54, 1.807) is 43.9 Å². The summed E-state index contributed by atoms with van der Waals surface area (Å²) in [6, 6.07) is 4.68. The number of aliphatic imine (C=N–C) groups is 1. The van der Waals surface area contributed by atoms with Gasteiger partial charge in [0, 0.05) is 10.9 Å². The fourth-order valence-electron chi connectivity index (χ4n) is 3.28. The van der Waals surface area contributed by atoms with Crippen molar-refractivity contribution >= 4 is 56.1 Å². The highest BCUT2D eigenvalue weighted by Gasteiger charge is 2.49. The molecule has 2 unspecified atom stereocenters. The van der Waals surface area contributed by atoms with Crippen molar-refractivity contribution in [2.75, 3.05) is 30.1 Å². The fourth-order valence-corrected chi connectivity index (χ4v) is 7.46. The summed E-state index contributed by atoms with van der Waals surface area (Å²) in [7, 11) is -1.70. The van der Waals surface area contributed by atoms with Gasteiger partial charge in [0.05, 0.1) is 29.7 Å². The van der Waals surface area contributed by atoms with Gasteiger partial charge in [0.15, 0.2) is 15.0 Å². The van der Waals surface area contributed by atoms with E-state index in [1.165, 1.54) is 18.9 Å². The number of sulfone groups is 1. The van der Waals surface area contributed by atoms with Crippen LogP contribution in [-0.4, -0.2) is 67.6 Å². The molecular weight excluding hydrogens is 466 g/mol. The molecule has 9 nitrogen and oxygen atoms in total. The van der Waals surface area contributed by atoms with Gasteiger partial charge in [-0.05, 0) is 39.0 Å². The number of amidine groups is 1. The number of nitrogens with zero attached hydrogens (tertiary/aromatic N) is 2. The number of carbonyl (C=O) groups is 2. The third-order valence-electron chi connectivity index (χ3n) is 4.48. The van der Waals surface area contributed by atoms with Crippen molar-refractivity contribution in [2.24, 2.45) is 4.99 Å². The van der Waals surface area contributed by atoms with Crippen LogP contribution in [0, 0.1) is 0 Å². The Morgan fingerprint density at radius 1 is 1.32 bits per heavy atom. The van der Waals surface area contributed by atoms with Crippen molar-refractivity contribution in [3.63, 3.8) is 0 Å². The Morgan fingerprint density at radius 3 is 2.65 bits per heavy atom. The number of nitrogens with one attached hydrogen (secondary N) is 1. The highest BCUT2D eigenvalue weighted by atomic mass is 35.5. The lowest BCUT2D eigenvalue weighted by Crippen LogP contribution is -2.38. The Balaban J connectivity index is 1.82. The second kappa shape index (κ2) is 8.87. The van der Waals surface area contributed by atoms with Crippen molar-refractivity contribution in [3.05, 3.63) is 23.2 Å². The molecule has 31 heavy (non-hydrogen) atoms. The summed E-state index contributed by atoms with van der Waals surface area (Å²) in [5.41, 5.74) is -0.0807. The first kappa shape index (κ1) is 23.7. The molecule has 3 rings (SSSR count). The first-order valence-electron chi connectivity index (χ1n) is 9.47. The molecule has 0 aromatic heterocycles. The number of ether oxygens (including phenoxy) is 2. The highest BCUT2D eigenvalue weighted by molar-refractivity contribution is 8.16. The number of anilines is 1. The highest BCUT2D eigenvalue weighted by Crippen LogP contribution is 2.42. The maximum Gasteiger partial charge on any atom is 0.408 e. The number of fused-ring (bicyclic) bond motifs is 1. The van der Waals surface area contributed by atoms with Gasteiger partial charge in [0.25, 0.3) is 5.91 Å². The summed E-state index contributed by atoms with van der Waals surface area (Å²) in [4.78, 5) is 30.0. The summed E-state index contributed by atoms with van der Waals surface area (Å²) < 4.78 is 34.6. The van der Waals surface area contributed by atoms with Gasteiger partial charge < -0.3 is 19.7 Å². The molecule has 12 heteroatoms. The van der Waals surface area contributed by atoms with Gasteiger partial charge in [0.1, 0.15) is 17.9 Å². The van der Waals surface area contributed by atoms with E-state index in [0.29, 0.717) is 21.6 Å². The Bertz CT molecular complexity index is 1020. The molecule has 0 saturated carbocycles. The number of carbonyl (C=O) groups excluding carboxylic acids is 2. The molecule has 2 heterocycles. The van der Waals surface area contributed by atoms with Gasteiger partial charge >= 0.3 is 6.09 Å². The van der Waals surface area contributed by atoms with Gasteiger partial charge in [0.2, 0.25) is 0 Å². The van der Waals surface area contributed by atoms with Crippen LogP contribution in [0.1, 0.15) is 20.8 Å². The monoisotopic (exact) mass is 489 g/mol. The number of halogens is 1. The van der Waals surface area contributed by atoms with Crippen molar-refractivity contribution in [2.45, 2.75) is 37.7 Å². The van der Waals surface area contributed by atoms with Crippen LogP contribution < -0.4 is 15.0 Å². The van der Waals surface area contributed by atoms with E-state index in [4.69, 9.17) is 21.1 Å². The third-order valence-corrected chi connectivity index (χ3v) is 7.99. The molecule has 1 aromatic carbocycles. The molecule has 2 fully saturated rings. The zero-order valence-electron chi connectivity index (χ0n) is 17.5. The van der Waals surface area contributed by atoms with Crippen LogP contribution in [0.4, 0.5) is 10.5 Å². The Hall–Kier alpha value is -1.98. The largest absolute Gasteiger partial charge is 0.495 e. The van der Waals surface area contributed by atoms with Gasteiger partial charge in [-0.25, -0.2) is 13.2 Å². The molecule has 2 amide bonds. The van der Waals surface area contributed by atoms with Crippen LogP contribution in [0.2, 0.25) is 5.02 Å². The van der Waals surface area contributed by atoms with Gasteiger partial charge in [-0.1, -0.05) is 23.4 Å². The second-order valence-corrected chi connectivity index (χ2v) is 11.9. The third kappa shape index (κ3) is 5.83. The summed E-state index contributed by atoms with van der Waals surface area (Å²) in [6.07, 6.45) is -0.720. The maximum atomic E-state index is 12.4. The van der Waals surface area contributed by atoms with E-state index >= 15 is 0 Å². The van der Waals surface area contributed by atoms with Gasteiger partial charge in [-0.2, -0.15) is 4.99 Å². The van der Waals surface area contributed by atoms with E-state index in [9.17, 15) is 18.0 Å². The average Bonchev–Trinajstić information content (AvgIpc) is 3.09. The lowest BCUT2D eigenvalue weighted by atomic mass is 10.2. The molecule has 0 radical (unpaired) electrons. The molecule has 2 aliphatic rings. The predicted octanol–water partition coefficient (Wildman–Crippen LogP) is 2.47. The quantitative estimate of drug-likeness (QED) is 0.686. The zero-order valence-corrected chi connectivity index (χ0v) is 19.9. The van der Waals surface area contributed by atoms with E-state index in [0.717, 1.165) is 0 Å². The summed E-state index contributed by atoms with van der Waals surface area (Å²) in [6.45, 7) is 4.81. The fraction of sp³-hybridized carbons (Fsp3) is 0.526. The molecule has 1 N–H and O–H groups in total. The zero-order chi connectivity index (χ0) is 23.0. The molecule has 0 aliphatic carbocycles. The molecule has 170 valence electrons. The molecular formula is C19H24ClN3O6S2. The number of alkyl carbamates (subject to hydrolysis) is 1. The molecule has 2 saturated heterocycles. The smallest absolute Gasteiger partial charge is 0.408 e. The van der Waals surface area contributed by atoms with E-state index in [-0.39, 0.29) is 29.3 Å². The SMILES string of the molecule is COc1ccc(N2C(=NC(=O)CNC(=O)OC(C)(C)C)SC3CS(=O)(=O)CC32)cc1Cl. The lowest BCUT2D eigenvalue weighted by Gasteiger charge is -2.25. The normalized spacial score (nSPS) is 23.5. The number of hydrogen-bond donors (Lipinski definition) is 1. The van der Waals surface area contributed by atoms with Gasteiger partial charge in [-0.15, -0.1) is 0 Å². The number of amides is 2. The number of rotatable bonds is 4. The minimum absolute atomic E-state index is 0.00604. The minimum Gasteiger partial charge on any atom is -0.495 e. The van der Waals surface area contributed by atoms with E-state index < -0.39 is 27.4 Å². The van der Waals surface area contributed by atoms with Crippen LogP contribution >= 0.6 is 23.4 Å². The predicted molar refractivity (Wildman–Crippen MR) is 121 cm³/mol. The Morgan fingerprint density at radius 2 is 2.03 bits per heavy atom. The minimum atomic E-state index is -3.19. The van der Waals surface area contributed by atoms with Crippen LogP contribution in [0.5, 0.6) is 5.75 Å². The molecule has 2 atom stereocenters. The summed E-state index contributed by atoms with van der Waals surface area (Å²) in [5.74, 6) is -0.145. The number of hydrogen-bond acceptors (Lipinski definition) is 7. The van der Waals surface area contributed by atoms with E-state index in [2.05, 4.69) is 10.3 Å². The summed E-state index contributed by atoms with van der Waals surface area (Å²) in [5, 5.41) is 2.84. The Labute approximate surface area is 190 Å². The second-order valence-electron chi connectivity index (χ2n) is 8.13. The van der Waals surface area contributed by atoms with E-state index in [1.807, 2.05) is 0 Å².